The van der Waals surface area contributed by atoms with Gasteiger partial charge in [0.1, 0.15) is 17.3 Å². The van der Waals surface area contributed by atoms with Crippen molar-refractivity contribution < 1.29 is 32.3 Å². The fourth-order valence-corrected chi connectivity index (χ4v) is 4.02. The van der Waals surface area contributed by atoms with Gasteiger partial charge in [0.15, 0.2) is 5.78 Å². The molecule has 11 heteroatoms. The van der Waals surface area contributed by atoms with Crippen LogP contribution in [0.25, 0.3) is 0 Å². The third-order valence-electron chi connectivity index (χ3n) is 6.15. The first-order chi connectivity index (χ1) is 17.6. The first-order valence-electron chi connectivity index (χ1n) is 12.2. The highest BCUT2D eigenvalue weighted by Gasteiger charge is 2.42. The molecule has 1 aromatic heterocycles. The zero-order chi connectivity index (χ0) is 28.4. The predicted molar refractivity (Wildman–Crippen MR) is 134 cm³/mol. The van der Waals surface area contributed by atoms with Crippen molar-refractivity contribution in [1.29, 1.82) is 5.41 Å². The van der Waals surface area contributed by atoms with Crippen molar-refractivity contribution in [1.82, 2.24) is 15.2 Å². The predicted octanol–water partition coefficient (Wildman–Crippen LogP) is 4.46. The van der Waals surface area contributed by atoms with E-state index in [1.54, 1.807) is 32.6 Å². The van der Waals surface area contributed by atoms with Crippen LogP contribution in [0.2, 0.25) is 0 Å². The maximum Gasteiger partial charge on any atom is 0.491 e. The molecular formula is C27H31F3N4O4. The summed E-state index contributed by atoms with van der Waals surface area (Å²) in [7, 11) is 0. The summed E-state index contributed by atoms with van der Waals surface area (Å²) in [6.45, 7) is 8.61. The number of nitrogens with one attached hydrogen (secondary N) is 2. The topological polar surface area (TPSA) is 112 Å². The number of benzene rings is 1. The standard InChI is InChI=1S/C27H31F3N4O4/c1-6-18-9-8-15-13-34(24(31)22(15)33-18)14-20(35)16-10-17(12-32-21(36)7-2)23(19(11-16)26(3,4)5)38-25(37)27(28,29)30/h8-11,31H,6-7,12-14H2,1-5H3,(H,32,36). The number of hydrogen-bond donors (Lipinski definition) is 2. The van der Waals surface area contributed by atoms with E-state index in [9.17, 15) is 27.6 Å². The summed E-state index contributed by atoms with van der Waals surface area (Å²) in [6.07, 6.45) is -4.39. The van der Waals surface area contributed by atoms with E-state index >= 15 is 0 Å². The Labute approximate surface area is 219 Å². The van der Waals surface area contributed by atoms with Gasteiger partial charge >= 0.3 is 12.1 Å². The minimum absolute atomic E-state index is 0.0641. The molecule has 1 aliphatic heterocycles. The van der Waals surface area contributed by atoms with Crippen LogP contribution >= 0.6 is 0 Å². The van der Waals surface area contributed by atoms with Gasteiger partial charge in [-0.25, -0.2) is 9.78 Å². The molecule has 2 heterocycles. The number of Topliss-reactive ketones (excluding diaryl/α,β-unsaturated/α-hetero) is 1. The number of hydrogen-bond acceptors (Lipinski definition) is 6. The van der Waals surface area contributed by atoms with Gasteiger partial charge in [-0.1, -0.05) is 40.7 Å². The van der Waals surface area contributed by atoms with Gasteiger partial charge in [0.2, 0.25) is 5.91 Å². The molecule has 0 atom stereocenters. The highest BCUT2D eigenvalue weighted by Crippen LogP contribution is 2.37. The van der Waals surface area contributed by atoms with E-state index in [2.05, 4.69) is 10.3 Å². The van der Waals surface area contributed by atoms with Crippen molar-refractivity contribution in [2.75, 3.05) is 6.54 Å². The lowest BCUT2D eigenvalue weighted by Crippen LogP contribution is -2.32. The van der Waals surface area contributed by atoms with Crippen LogP contribution in [0.15, 0.2) is 24.3 Å². The van der Waals surface area contributed by atoms with Crippen LogP contribution in [0, 0.1) is 5.41 Å². The van der Waals surface area contributed by atoms with E-state index < -0.39 is 17.6 Å². The summed E-state index contributed by atoms with van der Waals surface area (Å²) in [6, 6.07) is 6.50. The number of pyridine rings is 1. The molecule has 0 saturated heterocycles. The Balaban J connectivity index is 1.99. The number of amides is 1. The van der Waals surface area contributed by atoms with E-state index in [0.29, 0.717) is 18.7 Å². The van der Waals surface area contributed by atoms with Crippen molar-refractivity contribution in [3.05, 3.63) is 57.9 Å². The van der Waals surface area contributed by atoms with E-state index in [1.807, 2.05) is 19.1 Å². The minimum Gasteiger partial charge on any atom is -0.419 e. The molecule has 1 amide bonds. The Morgan fingerprint density at radius 1 is 1.13 bits per heavy atom. The van der Waals surface area contributed by atoms with Crippen LogP contribution in [0.1, 0.15) is 79.5 Å². The third kappa shape index (κ3) is 6.38. The molecular weight excluding hydrogens is 501 g/mol. The van der Waals surface area contributed by atoms with E-state index in [1.165, 1.54) is 12.1 Å². The van der Waals surface area contributed by atoms with Gasteiger partial charge in [-0.3, -0.25) is 15.0 Å². The summed E-state index contributed by atoms with van der Waals surface area (Å²) in [4.78, 5) is 43.1. The molecule has 204 valence electrons. The molecule has 1 aromatic carbocycles. The number of ether oxygens (including phenoxy) is 1. The molecule has 0 fully saturated rings. The molecule has 38 heavy (non-hydrogen) atoms. The number of ketones is 1. The molecule has 0 bridgehead atoms. The molecule has 0 aliphatic carbocycles. The van der Waals surface area contributed by atoms with Crippen LogP contribution in [0.5, 0.6) is 5.75 Å². The van der Waals surface area contributed by atoms with Gasteiger partial charge in [0.25, 0.3) is 0 Å². The van der Waals surface area contributed by atoms with Gasteiger partial charge in [0.05, 0.1) is 6.54 Å². The molecule has 8 nitrogen and oxygen atoms in total. The number of rotatable bonds is 8. The molecule has 2 aromatic rings. The fraction of sp³-hybridized carbons (Fsp3) is 0.444. The zero-order valence-electron chi connectivity index (χ0n) is 22.0. The number of alkyl halides is 3. The largest absolute Gasteiger partial charge is 0.491 e. The molecule has 0 unspecified atom stereocenters. The number of carbonyl (C=O) groups excluding carboxylic acids is 3. The average molecular weight is 533 g/mol. The number of nitrogens with zero attached hydrogens (tertiary/aromatic N) is 2. The van der Waals surface area contributed by atoms with Crippen LogP contribution in [0.3, 0.4) is 0 Å². The Morgan fingerprint density at radius 3 is 2.39 bits per heavy atom. The van der Waals surface area contributed by atoms with Gasteiger partial charge in [-0.05, 0) is 30.0 Å². The average Bonchev–Trinajstić information content (AvgIpc) is 3.15. The highest BCUT2D eigenvalue weighted by atomic mass is 19.4. The Kier molecular flexibility index (Phi) is 8.28. The number of fused-ring (bicyclic) bond motifs is 1. The first-order valence-corrected chi connectivity index (χ1v) is 12.2. The number of halogens is 3. The quantitative estimate of drug-likeness (QED) is 0.295. The van der Waals surface area contributed by atoms with Crippen LogP contribution < -0.4 is 10.1 Å². The van der Waals surface area contributed by atoms with Crippen molar-refractivity contribution in [2.24, 2.45) is 0 Å². The third-order valence-corrected chi connectivity index (χ3v) is 6.15. The Morgan fingerprint density at radius 2 is 1.82 bits per heavy atom. The molecule has 0 saturated carbocycles. The van der Waals surface area contributed by atoms with Crippen molar-refractivity contribution in [3.8, 4) is 5.75 Å². The summed E-state index contributed by atoms with van der Waals surface area (Å²) < 4.78 is 44.0. The molecule has 0 radical (unpaired) electrons. The maximum absolute atomic E-state index is 13.4. The molecule has 0 spiro atoms. The van der Waals surface area contributed by atoms with Crippen molar-refractivity contribution in [3.63, 3.8) is 0 Å². The van der Waals surface area contributed by atoms with Crippen LogP contribution in [-0.2, 0) is 34.5 Å². The van der Waals surface area contributed by atoms with Crippen molar-refractivity contribution >= 4 is 23.5 Å². The fourth-order valence-electron chi connectivity index (χ4n) is 4.02. The van der Waals surface area contributed by atoms with Gasteiger partial charge in [0, 0.05) is 47.5 Å². The monoisotopic (exact) mass is 532 g/mol. The van der Waals surface area contributed by atoms with Crippen LogP contribution in [-0.4, -0.2) is 46.1 Å². The zero-order valence-corrected chi connectivity index (χ0v) is 22.0. The molecule has 3 rings (SSSR count). The molecule has 1 aliphatic rings. The number of amidine groups is 1. The Hall–Kier alpha value is -3.76. The smallest absolute Gasteiger partial charge is 0.419 e. The van der Waals surface area contributed by atoms with Gasteiger partial charge in [-0.2, -0.15) is 13.2 Å². The molecule has 2 N–H and O–H groups in total. The number of aromatic nitrogens is 1. The first kappa shape index (κ1) is 28.8. The SMILES string of the molecule is CCC(=O)NCc1cc(C(=O)CN2Cc3ccc(CC)nc3C2=N)cc(C(C)(C)C)c1OC(=O)C(F)(F)F. The second-order valence-electron chi connectivity index (χ2n) is 10.1. The highest BCUT2D eigenvalue weighted by molar-refractivity contribution is 6.04. The summed E-state index contributed by atoms with van der Waals surface area (Å²) in [5.74, 6) is -3.38. The lowest BCUT2D eigenvalue weighted by atomic mass is 9.83. The number of aryl methyl sites for hydroxylation is 1. The summed E-state index contributed by atoms with van der Waals surface area (Å²) >= 11 is 0. The maximum atomic E-state index is 13.4. The van der Waals surface area contributed by atoms with Crippen LogP contribution in [0.4, 0.5) is 13.2 Å². The van der Waals surface area contributed by atoms with E-state index in [4.69, 9.17) is 10.1 Å². The lowest BCUT2D eigenvalue weighted by Gasteiger charge is -2.26. The second-order valence-corrected chi connectivity index (χ2v) is 10.1. The lowest BCUT2D eigenvalue weighted by molar-refractivity contribution is -0.189. The second kappa shape index (κ2) is 10.9. The van der Waals surface area contributed by atoms with E-state index in [0.717, 1.165) is 11.3 Å². The minimum atomic E-state index is -5.23. The summed E-state index contributed by atoms with van der Waals surface area (Å²) in [5, 5.41) is 11.1. The Bertz CT molecular complexity index is 1280. The van der Waals surface area contributed by atoms with Crippen molar-refractivity contribution in [2.45, 2.75) is 72.1 Å². The van der Waals surface area contributed by atoms with Gasteiger partial charge in [-0.15, -0.1) is 0 Å². The number of esters is 1. The normalized spacial score (nSPS) is 13.4. The van der Waals surface area contributed by atoms with Gasteiger partial charge < -0.3 is 15.0 Å². The number of carbonyl (C=O) groups is 3. The summed E-state index contributed by atoms with van der Waals surface area (Å²) in [5.41, 5.74) is 1.79. The van der Waals surface area contributed by atoms with E-state index in [-0.39, 0.29) is 59.5 Å².